The quantitative estimate of drug-likeness (QED) is 0.925. The van der Waals surface area contributed by atoms with Gasteiger partial charge in [0.25, 0.3) is 0 Å². The summed E-state index contributed by atoms with van der Waals surface area (Å²) in [4.78, 5) is 15.7. The fourth-order valence-corrected chi connectivity index (χ4v) is 2.73. The second-order valence-corrected chi connectivity index (χ2v) is 5.79. The molecule has 0 saturated carbocycles. The molecule has 1 fully saturated rings. The summed E-state index contributed by atoms with van der Waals surface area (Å²) in [6.07, 6.45) is 0.970. The van der Waals surface area contributed by atoms with Crippen molar-refractivity contribution in [3.05, 3.63) is 41.0 Å². The molecule has 22 heavy (non-hydrogen) atoms. The molecule has 6 heteroatoms. The highest BCUT2D eigenvalue weighted by Crippen LogP contribution is 2.27. The molecule has 0 aliphatic carbocycles. The molecule has 2 aromatic rings. The summed E-state index contributed by atoms with van der Waals surface area (Å²) in [6, 6.07) is 6.21. The highest BCUT2D eigenvalue weighted by Gasteiger charge is 2.26. The first-order valence-electron chi connectivity index (χ1n) is 7.44. The van der Waals surface area contributed by atoms with Crippen LogP contribution in [0, 0.1) is 13.8 Å². The van der Waals surface area contributed by atoms with E-state index >= 15 is 0 Å². The lowest BCUT2D eigenvalue weighted by molar-refractivity contribution is -0.117. The van der Waals surface area contributed by atoms with Crippen molar-refractivity contribution in [2.24, 2.45) is 5.73 Å². The maximum absolute atomic E-state index is 11.2. The zero-order valence-corrected chi connectivity index (χ0v) is 12.9. The highest BCUT2D eigenvalue weighted by molar-refractivity contribution is 5.75. The number of primary amides is 1. The molecule has 1 aliphatic rings. The van der Waals surface area contributed by atoms with Gasteiger partial charge in [0, 0.05) is 12.5 Å². The molecule has 1 aliphatic heterocycles. The van der Waals surface area contributed by atoms with E-state index in [1.54, 1.807) is 0 Å². The van der Waals surface area contributed by atoms with Gasteiger partial charge in [0.05, 0.1) is 18.7 Å². The van der Waals surface area contributed by atoms with Crippen LogP contribution in [-0.2, 0) is 16.0 Å². The van der Waals surface area contributed by atoms with Crippen molar-refractivity contribution in [1.82, 2.24) is 14.8 Å². The summed E-state index contributed by atoms with van der Waals surface area (Å²) in [7, 11) is 0. The van der Waals surface area contributed by atoms with Crippen molar-refractivity contribution in [2.75, 3.05) is 13.2 Å². The Hall–Kier alpha value is -2.21. The fraction of sp³-hybridized carbons (Fsp3) is 0.438. The number of nitrogens with zero attached hydrogens (tertiary/aromatic N) is 3. The summed E-state index contributed by atoms with van der Waals surface area (Å²) in [6.45, 7) is 5.46. The number of aromatic nitrogens is 3. The highest BCUT2D eigenvalue weighted by atomic mass is 16.5. The van der Waals surface area contributed by atoms with Gasteiger partial charge in [-0.15, -0.1) is 0 Å². The number of benzene rings is 1. The Kier molecular flexibility index (Phi) is 3.94. The predicted octanol–water partition coefficient (Wildman–Crippen LogP) is 1.42. The third-order valence-electron chi connectivity index (χ3n) is 3.90. The third kappa shape index (κ3) is 2.87. The molecule has 0 bridgehead atoms. The molecule has 2 N–H and O–H groups in total. The standard InChI is InChI=1S/C16H20N4O2/c1-10-3-4-11(2)13(7-10)20-16(12-5-6-22-9-12)18-15(19-20)8-14(17)21/h3-4,7,12H,5-6,8-9H2,1-2H3,(H2,17,21)/t12-/m0/s1. The van der Waals surface area contributed by atoms with Crippen LogP contribution >= 0.6 is 0 Å². The van der Waals surface area contributed by atoms with Gasteiger partial charge in [-0.2, -0.15) is 5.10 Å². The Labute approximate surface area is 129 Å². The van der Waals surface area contributed by atoms with Gasteiger partial charge in [-0.3, -0.25) is 4.79 Å². The van der Waals surface area contributed by atoms with Gasteiger partial charge in [0.2, 0.25) is 5.91 Å². The SMILES string of the molecule is Cc1ccc(C)c(-n2nc(CC(N)=O)nc2[C@H]2CCOC2)c1. The second-order valence-electron chi connectivity index (χ2n) is 5.79. The summed E-state index contributed by atoms with van der Waals surface area (Å²) < 4.78 is 7.32. The molecule has 1 atom stereocenters. The number of hydrogen-bond acceptors (Lipinski definition) is 4. The van der Waals surface area contributed by atoms with Crippen LogP contribution in [0.3, 0.4) is 0 Å². The summed E-state index contributed by atoms with van der Waals surface area (Å²) >= 11 is 0. The number of nitrogens with two attached hydrogens (primary N) is 1. The van der Waals surface area contributed by atoms with Crippen LogP contribution in [0.1, 0.15) is 35.1 Å². The van der Waals surface area contributed by atoms with Gasteiger partial charge in [-0.05, 0) is 37.5 Å². The number of carbonyl (C=O) groups excluding carboxylic acids is 1. The smallest absolute Gasteiger partial charge is 0.225 e. The lowest BCUT2D eigenvalue weighted by atomic mass is 10.1. The summed E-state index contributed by atoms with van der Waals surface area (Å²) in [5.74, 6) is 1.10. The maximum atomic E-state index is 11.2. The van der Waals surface area contributed by atoms with E-state index in [2.05, 4.69) is 28.3 Å². The van der Waals surface area contributed by atoms with Crippen LogP contribution < -0.4 is 5.73 Å². The molecule has 6 nitrogen and oxygen atoms in total. The molecule has 0 radical (unpaired) electrons. The normalized spacial score (nSPS) is 17.8. The van der Waals surface area contributed by atoms with Crippen molar-refractivity contribution in [3.8, 4) is 5.69 Å². The number of ether oxygens (including phenoxy) is 1. The van der Waals surface area contributed by atoms with Crippen LogP contribution in [0.2, 0.25) is 0 Å². The van der Waals surface area contributed by atoms with E-state index in [-0.39, 0.29) is 12.3 Å². The molecule has 1 saturated heterocycles. The van der Waals surface area contributed by atoms with Gasteiger partial charge in [-0.25, -0.2) is 9.67 Å². The van der Waals surface area contributed by atoms with Gasteiger partial charge in [0.15, 0.2) is 5.82 Å². The fourth-order valence-electron chi connectivity index (χ4n) is 2.73. The Morgan fingerprint density at radius 3 is 2.95 bits per heavy atom. The molecule has 2 heterocycles. The summed E-state index contributed by atoms with van der Waals surface area (Å²) in [5, 5.41) is 4.52. The van der Waals surface area contributed by atoms with Crippen LogP contribution in [-0.4, -0.2) is 33.9 Å². The minimum Gasteiger partial charge on any atom is -0.381 e. The minimum atomic E-state index is -0.424. The largest absolute Gasteiger partial charge is 0.381 e. The predicted molar refractivity (Wildman–Crippen MR) is 81.9 cm³/mol. The average Bonchev–Trinajstić information content (AvgIpc) is 3.09. The van der Waals surface area contributed by atoms with E-state index in [1.165, 1.54) is 0 Å². The third-order valence-corrected chi connectivity index (χ3v) is 3.90. The minimum absolute atomic E-state index is 0.0540. The average molecular weight is 300 g/mol. The van der Waals surface area contributed by atoms with Crippen LogP contribution in [0.4, 0.5) is 0 Å². The van der Waals surface area contributed by atoms with Crippen molar-refractivity contribution in [3.63, 3.8) is 0 Å². The van der Waals surface area contributed by atoms with E-state index in [0.717, 1.165) is 35.7 Å². The van der Waals surface area contributed by atoms with Crippen molar-refractivity contribution in [2.45, 2.75) is 32.6 Å². The van der Waals surface area contributed by atoms with E-state index in [9.17, 15) is 4.79 Å². The molecule has 3 rings (SSSR count). The van der Waals surface area contributed by atoms with Gasteiger partial charge >= 0.3 is 0 Å². The first-order chi connectivity index (χ1) is 10.5. The topological polar surface area (TPSA) is 83.0 Å². The number of carbonyl (C=O) groups is 1. The van der Waals surface area contributed by atoms with E-state index < -0.39 is 5.91 Å². The Morgan fingerprint density at radius 1 is 1.45 bits per heavy atom. The zero-order valence-electron chi connectivity index (χ0n) is 12.9. The van der Waals surface area contributed by atoms with E-state index in [4.69, 9.17) is 10.5 Å². The molecular formula is C16H20N4O2. The number of rotatable bonds is 4. The lowest BCUT2D eigenvalue weighted by Crippen LogP contribution is -2.14. The molecule has 116 valence electrons. The van der Waals surface area contributed by atoms with Crippen LogP contribution in [0.25, 0.3) is 5.69 Å². The Morgan fingerprint density at radius 2 is 2.27 bits per heavy atom. The molecule has 0 spiro atoms. The summed E-state index contributed by atoms with van der Waals surface area (Å²) in [5.41, 5.74) is 8.53. The number of aryl methyl sites for hydroxylation is 2. The number of amides is 1. The van der Waals surface area contributed by atoms with Crippen molar-refractivity contribution >= 4 is 5.91 Å². The van der Waals surface area contributed by atoms with Gasteiger partial charge in [-0.1, -0.05) is 12.1 Å². The monoisotopic (exact) mass is 300 g/mol. The van der Waals surface area contributed by atoms with E-state index in [0.29, 0.717) is 12.4 Å². The maximum Gasteiger partial charge on any atom is 0.225 e. The van der Waals surface area contributed by atoms with Gasteiger partial charge < -0.3 is 10.5 Å². The molecule has 1 amide bonds. The van der Waals surface area contributed by atoms with Crippen LogP contribution in [0.5, 0.6) is 0 Å². The zero-order chi connectivity index (χ0) is 15.7. The van der Waals surface area contributed by atoms with Crippen LogP contribution in [0.15, 0.2) is 18.2 Å². The molecule has 1 aromatic heterocycles. The van der Waals surface area contributed by atoms with Crippen molar-refractivity contribution < 1.29 is 9.53 Å². The molecule has 1 aromatic carbocycles. The molecular weight excluding hydrogens is 280 g/mol. The van der Waals surface area contributed by atoms with Gasteiger partial charge in [0.1, 0.15) is 5.82 Å². The van der Waals surface area contributed by atoms with Crippen molar-refractivity contribution in [1.29, 1.82) is 0 Å². The first kappa shape index (κ1) is 14.7. The number of hydrogen-bond donors (Lipinski definition) is 1. The lowest BCUT2D eigenvalue weighted by Gasteiger charge is -2.12. The first-order valence-corrected chi connectivity index (χ1v) is 7.44. The molecule has 0 unspecified atom stereocenters. The van der Waals surface area contributed by atoms with E-state index in [1.807, 2.05) is 18.5 Å². The second kappa shape index (κ2) is 5.88. The Balaban J connectivity index is 2.09. The Bertz CT molecular complexity index is 702.